The van der Waals surface area contributed by atoms with Crippen LogP contribution in [0.5, 0.6) is 0 Å². The van der Waals surface area contributed by atoms with Crippen molar-refractivity contribution in [2.75, 3.05) is 11.1 Å². The third kappa shape index (κ3) is 3.03. The van der Waals surface area contributed by atoms with Crippen molar-refractivity contribution in [2.24, 2.45) is 5.73 Å². The molecule has 0 unspecified atom stereocenters. The highest BCUT2D eigenvalue weighted by atomic mass is 16.1. The minimum Gasteiger partial charge on any atom is -0.396 e. The molecule has 0 atom stereocenters. The summed E-state index contributed by atoms with van der Waals surface area (Å²) in [6, 6.07) is 12.3. The minimum atomic E-state index is -0.612. The molecule has 2 aromatic rings. The topological polar surface area (TPSA) is 118 Å². The zero-order chi connectivity index (χ0) is 14.5. The third-order valence-corrected chi connectivity index (χ3v) is 2.69. The third-order valence-electron chi connectivity index (χ3n) is 2.69. The number of carbonyl (C=O) groups is 1. The van der Waals surface area contributed by atoms with Crippen molar-refractivity contribution in [1.82, 2.24) is 4.98 Å². The first-order valence-corrected chi connectivity index (χ1v) is 5.89. The van der Waals surface area contributed by atoms with Crippen LogP contribution in [0.4, 0.5) is 11.5 Å². The number of nitrogens with zero attached hydrogens (tertiary/aromatic N) is 2. The fourth-order valence-electron chi connectivity index (χ4n) is 1.69. The van der Waals surface area contributed by atoms with Crippen molar-refractivity contribution in [2.45, 2.75) is 6.54 Å². The highest BCUT2D eigenvalue weighted by Crippen LogP contribution is 2.17. The van der Waals surface area contributed by atoms with Crippen molar-refractivity contribution in [3.63, 3.8) is 0 Å². The minimum absolute atomic E-state index is 0.146. The molecule has 5 N–H and O–H groups in total. The molecule has 0 radical (unpaired) electrons. The summed E-state index contributed by atoms with van der Waals surface area (Å²) in [5.41, 5.74) is 13.0. The van der Waals surface area contributed by atoms with Crippen LogP contribution in [0.25, 0.3) is 0 Å². The number of hydrogen-bond acceptors (Lipinski definition) is 5. The highest BCUT2D eigenvalue weighted by Gasteiger charge is 2.07. The van der Waals surface area contributed by atoms with E-state index < -0.39 is 5.91 Å². The van der Waals surface area contributed by atoms with E-state index in [0.29, 0.717) is 23.6 Å². The lowest BCUT2D eigenvalue weighted by molar-refractivity contribution is 0.0996. The number of nitrogen functional groups attached to an aromatic ring is 1. The molecule has 0 aliphatic carbocycles. The molecule has 0 aliphatic rings. The Labute approximate surface area is 116 Å². The summed E-state index contributed by atoms with van der Waals surface area (Å²) in [6.07, 6.45) is 0. The van der Waals surface area contributed by atoms with Gasteiger partial charge in [-0.1, -0.05) is 12.1 Å². The Morgan fingerprint density at radius 3 is 2.85 bits per heavy atom. The number of pyridine rings is 1. The van der Waals surface area contributed by atoms with E-state index in [1.807, 2.05) is 6.07 Å². The number of benzene rings is 1. The van der Waals surface area contributed by atoms with Gasteiger partial charge in [0.2, 0.25) is 0 Å². The molecular weight excluding hydrogens is 254 g/mol. The SMILES string of the molecule is N#Cc1cccc(CNc2nc(C(N)=O)ccc2N)c1. The smallest absolute Gasteiger partial charge is 0.267 e. The average molecular weight is 267 g/mol. The molecular formula is C14H13N5O. The van der Waals surface area contributed by atoms with E-state index in [9.17, 15) is 4.79 Å². The van der Waals surface area contributed by atoms with Gasteiger partial charge in [-0.05, 0) is 29.8 Å². The molecule has 6 heteroatoms. The van der Waals surface area contributed by atoms with Gasteiger partial charge in [-0.2, -0.15) is 5.26 Å². The summed E-state index contributed by atoms with van der Waals surface area (Å²) in [7, 11) is 0. The largest absolute Gasteiger partial charge is 0.396 e. The molecule has 1 amide bonds. The predicted molar refractivity (Wildman–Crippen MR) is 75.7 cm³/mol. The lowest BCUT2D eigenvalue weighted by Gasteiger charge is -2.09. The molecule has 0 saturated heterocycles. The Bertz CT molecular complexity index is 690. The molecule has 1 aromatic heterocycles. The van der Waals surface area contributed by atoms with E-state index in [0.717, 1.165) is 5.56 Å². The van der Waals surface area contributed by atoms with Crippen LogP contribution in [0.1, 0.15) is 21.6 Å². The first kappa shape index (κ1) is 13.4. The van der Waals surface area contributed by atoms with Gasteiger partial charge >= 0.3 is 0 Å². The number of primary amides is 1. The highest BCUT2D eigenvalue weighted by molar-refractivity contribution is 5.91. The lowest BCUT2D eigenvalue weighted by Crippen LogP contribution is -2.15. The van der Waals surface area contributed by atoms with Crippen molar-refractivity contribution in [3.05, 3.63) is 53.2 Å². The van der Waals surface area contributed by atoms with Gasteiger partial charge in [0.1, 0.15) is 11.5 Å². The molecule has 0 aliphatic heterocycles. The van der Waals surface area contributed by atoms with Crippen LogP contribution in [0.3, 0.4) is 0 Å². The van der Waals surface area contributed by atoms with Gasteiger partial charge in [0.05, 0.1) is 17.3 Å². The van der Waals surface area contributed by atoms with E-state index in [-0.39, 0.29) is 5.69 Å². The summed E-state index contributed by atoms with van der Waals surface area (Å²) in [4.78, 5) is 15.1. The Kier molecular flexibility index (Phi) is 3.82. The molecule has 0 fully saturated rings. The number of carbonyl (C=O) groups excluding carboxylic acids is 1. The summed E-state index contributed by atoms with van der Waals surface area (Å²) in [6.45, 7) is 0.439. The number of nitrogens with two attached hydrogens (primary N) is 2. The number of anilines is 2. The Hall–Kier alpha value is -3.07. The van der Waals surface area contributed by atoms with E-state index in [1.165, 1.54) is 6.07 Å². The zero-order valence-corrected chi connectivity index (χ0v) is 10.6. The van der Waals surface area contributed by atoms with Gasteiger partial charge in [-0.25, -0.2) is 4.98 Å². The van der Waals surface area contributed by atoms with Gasteiger partial charge < -0.3 is 16.8 Å². The van der Waals surface area contributed by atoms with Crippen LogP contribution in [0.15, 0.2) is 36.4 Å². The van der Waals surface area contributed by atoms with Gasteiger partial charge in [0, 0.05) is 6.54 Å². The fraction of sp³-hybridized carbons (Fsp3) is 0.0714. The number of nitrogens with one attached hydrogen (secondary N) is 1. The number of hydrogen-bond donors (Lipinski definition) is 3. The number of aromatic nitrogens is 1. The summed E-state index contributed by atoms with van der Waals surface area (Å²) < 4.78 is 0. The lowest BCUT2D eigenvalue weighted by atomic mass is 10.1. The van der Waals surface area contributed by atoms with Gasteiger partial charge in [0.15, 0.2) is 0 Å². The number of rotatable bonds is 4. The first-order chi connectivity index (χ1) is 9.60. The second-order valence-corrected chi connectivity index (χ2v) is 4.16. The molecule has 0 bridgehead atoms. The van der Waals surface area contributed by atoms with Crippen molar-refractivity contribution >= 4 is 17.4 Å². The van der Waals surface area contributed by atoms with E-state index in [1.54, 1.807) is 24.3 Å². The maximum atomic E-state index is 11.1. The molecule has 6 nitrogen and oxygen atoms in total. The standard InChI is InChI=1S/C14H13N5O/c15-7-9-2-1-3-10(6-9)8-18-14-11(16)4-5-12(19-14)13(17)20/h1-6H,8,16H2,(H2,17,20)(H,18,19). The van der Waals surface area contributed by atoms with Crippen molar-refractivity contribution in [3.8, 4) is 6.07 Å². The quantitative estimate of drug-likeness (QED) is 0.770. The number of amides is 1. The van der Waals surface area contributed by atoms with Gasteiger partial charge in [-0.3, -0.25) is 4.79 Å². The molecule has 0 spiro atoms. The second kappa shape index (κ2) is 5.71. The predicted octanol–water partition coefficient (Wildman–Crippen LogP) is 1.25. The number of nitriles is 1. The monoisotopic (exact) mass is 267 g/mol. The van der Waals surface area contributed by atoms with Crippen molar-refractivity contribution < 1.29 is 4.79 Å². The first-order valence-electron chi connectivity index (χ1n) is 5.89. The Morgan fingerprint density at radius 2 is 2.15 bits per heavy atom. The summed E-state index contributed by atoms with van der Waals surface area (Å²) >= 11 is 0. The Balaban J connectivity index is 2.16. The van der Waals surface area contributed by atoms with Gasteiger partial charge in [0.25, 0.3) is 5.91 Å². The maximum absolute atomic E-state index is 11.1. The average Bonchev–Trinajstić information content (AvgIpc) is 2.46. The van der Waals surface area contributed by atoms with E-state index in [2.05, 4.69) is 16.4 Å². The van der Waals surface area contributed by atoms with Crippen LogP contribution in [-0.2, 0) is 6.54 Å². The molecule has 100 valence electrons. The van der Waals surface area contributed by atoms with Crippen molar-refractivity contribution in [1.29, 1.82) is 5.26 Å². The summed E-state index contributed by atoms with van der Waals surface area (Å²) in [5, 5.41) is 11.9. The van der Waals surface area contributed by atoms with E-state index in [4.69, 9.17) is 16.7 Å². The summed E-state index contributed by atoms with van der Waals surface area (Å²) in [5.74, 6) is -0.219. The van der Waals surface area contributed by atoms with E-state index >= 15 is 0 Å². The second-order valence-electron chi connectivity index (χ2n) is 4.16. The maximum Gasteiger partial charge on any atom is 0.267 e. The van der Waals surface area contributed by atoms with Crippen LogP contribution in [0.2, 0.25) is 0 Å². The van der Waals surface area contributed by atoms with Crippen LogP contribution < -0.4 is 16.8 Å². The normalized spacial score (nSPS) is 9.75. The Morgan fingerprint density at radius 1 is 1.35 bits per heavy atom. The molecule has 2 rings (SSSR count). The fourth-order valence-corrected chi connectivity index (χ4v) is 1.69. The molecule has 20 heavy (non-hydrogen) atoms. The van der Waals surface area contributed by atoms with Crippen LogP contribution >= 0.6 is 0 Å². The molecule has 1 aromatic carbocycles. The van der Waals surface area contributed by atoms with Crippen LogP contribution in [0, 0.1) is 11.3 Å². The molecule has 0 saturated carbocycles. The molecule has 1 heterocycles. The van der Waals surface area contributed by atoms with Crippen LogP contribution in [-0.4, -0.2) is 10.9 Å². The zero-order valence-electron chi connectivity index (χ0n) is 10.6. The van der Waals surface area contributed by atoms with Gasteiger partial charge in [-0.15, -0.1) is 0 Å².